The van der Waals surface area contributed by atoms with Gasteiger partial charge < -0.3 is 4.90 Å². The van der Waals surface area contributed by atoms with Gasteiger partial charge in [0.2, 0.25) is 0 Å². The van der Waals surface area contributed by atoms with E-state index in [9.17, 15) is 4.79 Å². The third kappa shape index (κ3) is 2.74. The fourth-order valence-electron chi connectivity index (χ4n) is 2.49. The van der Waals surface area contributed by atoms with Crippen molar-refractivity contribution in [1.29, 1.82) is 0 Å². The molecule has 0 aliphatic carbocycles. The fraction of sp³-hybridized carbons (Fsp3) is 0.278. The van der Waals surface area contributed by atoms with Crippen molar-refractivity contribution in [2.24, 2.45) is 0 Å². The van der Waals surface area contributed by atoms with Gasteiger partial charge in [-0.1, -0.05) is 35.9 Å². The Hall–Kier alpha value is -2.09. The topological polar surface area (TPSA) is 20.3 Å². The summed E-state index contributed by atoms with van der Waals surface area (Å²) < 4.78 is 0. The molecule has 2 aromatic rings. The average Bonchev–Trinajstić information content (AvgIpc) is 2.41. The molecule has 104 valence electrons. The van der Waals surface area contributed by atoms with Crippen molar-refractivity contribution in [2.45, 2.75) is 27.7 Å². The molecule has 0 atom stereocenters. The number of nitrogens with zero attached hydrogens (tertiary/aromatic N) is 1. The Morgan fingerprint density at radius 1 is 1.00 bits per heavy atom. The standard InChI is InChI=1S/C18H21NO/c1-5-19(17-9-7-6-8-14(17)3)18(20)16-11-10-13(2)12-15(16)4/h6-12H,5H2,1-4H3. The van der Waals surface area contributed by atoms with Gasteiger partial charge in [0.15, 0.2) is 0 Å². The lowest BCUT2D eigenvalue weighted by molar-refractivity contribution is 0.0987. The monoisotopic (exact) mass is 267 g/mol. The van der Waals surface area contributed by atoms with E-state index in [2.05, 4.69) is 6.07 Å². The molecule has 0 heterocycles. The van der Waals surface area contributed by atoms with E-state index in [0.29, 0.717) is 6.54 Å². The number of rotatable bonds is 3. The molecule has 0 bridgehead atoms. The summed E-state index contributed by atoms with van der Waals surface area (Å²) in [6.07, 6.45) is 0. The minimum Gasteiger partial charge on any atom is -0.308 e. The summed E-state index contributed by atoms with van der Waals surface area (Å²) in [6.45, 7) is 8.74. The average molecular weight is 267 g/mol. The molecular weight excluding hydrogens is 246 g/mol. The number of para-hydroxylation sites is 1. The van der Waals surface area contributed by atoms with Crippen LogP contribution in [0.25, 0.3) is 0 Å². The summed E-state index contributed by atoms with van der Waals surface area (Å²) in [5, 5.41) is 0. The van der Waals surface area contributed by atoms with Gasteiger partial charge in [-0.2, -0.15) is 0 Å². The van der Waals surface area contributed by atoms with Crippen molar-refractivity contribution >= 4 is 11.6 Å². The number of amides is 1. The number of hydrogen-bond acceptors (Lipinski definition) is 1. The quantitative estimate of drug-likeness (QED) is 0.813. The first kappa shape index (κ1) is 14.3. The number of carbonyl (C=O) groups is 1. The Morgan fingerprint density at radius 2 is 1.70 bits per heavy atom. The zero-order valence-corrected chi connectivity index (χ0v) is 12.6. The molecule has 2 nitrogen and oxygen atoms in total. The van der Waals surface area contributed by atoms with Gasteiger partial charge in [-0.05, 0) is 51.0 Å². The first-order valence-electron chi connectivity index (χ1n) is 6.99. The highest BCUT2D eigenvalue weighted by molar-refractivity contribution is 6.07. The molecule has 0 spiro atoms. The van der Waals surface area contributed by atoms with Crippen molar-refractivity contribution in [3.05, 3.63) is 64.7 Å². The van der Waals surface area contributed by atoms with Gasteiger partial charge in [0.1, 0.15) is 0 Å². The van der Waals surface area contributed by atoms with Crippen LogP contribution in [0, 0.1) is 20.8 Å². The third-order valence-electron chi connectivity index (χ3n) is 3.58. The highest BCUT2D eigenvalue weighted by Gasteiger charge is 2.18. The van der Waals surface area contributed by atoms with Crippen molar-refractivity contribution in [3.63, 3.8) is 0 Å². The van der Waals surface area contributed by atoms with Crippen LogP contribution in [0.1, 0.15) is 34.0 Å². The molecule has 0 saturated carbocycles. The maximum atomic E-state index is 12.8. The SMILES string of the molecule is CCN(C(=O)c1ccc(C)cc1C)c1ccccc1C. The molecule has 0 fully saturated rings. The van der Waals surface area contributed by atoms with Gasteiger partial charge in [-0.3, -0.25) is 4.79 Å². The second-order valence-corrected chi connectivity index (χ2v) is 5.15. The van der Waals surface area contributed by atoms with E-state index in [1.54, 1.807) is 0 Å². The minimum absolute atomic E-state index is 0.0688. The molecule has 2 heteroatoms. The molecular formula is C18H21NO. The van der Waals surface area contributed by atoms with Crippen LogP contribution in [0.3, 0.4) is 0 Å². The molecule has 20 heavy (non-hydrogen) atoms. The van der Waals surface area contributed by atoms with Crippen LogP contribution in [0.2, 0.25) is 0 Å². The summed E-state index contributed by atoms with van der Waals surface area (Å²) in [5.41, 5.74) is 5.09. The summed E-state index contributed by atoms with van der Waals surface area (Å²) in [7, 11) is 0. The summed E-state index contributed by atoms with van der Waals surface area (Å²) in [6, 6.07) is 14.0. The summed E-state index contributed by atoms with van der Waals surface area (Å²) in [5.74, 6) is 0.0688. The fourth-order valence-corrected chi connectivity index (χ4v) is 2.49. The van der Waals surface area contributed by atoms with Crippen molar-refractivity contribution in [3.8, 4) is 0 Å². The lowest BCUT2D eigenvalue weighted by Gasteiger charge is -2.24. The van der Waals surface area contributed by atoms with E-state index in [1.807, 2.05) is 69.0 Å². The minimum atomic E-state index is 0.0688. The van der Waals surface area contributed by atoms with E-state index in [1.165, 1.54) is 5.56 Å². The molecule has 0 unspecified atom stereocenters. The van der Waals surface area contributed by atoms with Gasteiger partial charge in [-0.25, -0.2) is 0 Å². The normalized spacial score (nSPS) is 10.4. The Kier molecular flexibility index (Phi) is 4.23. The molecule has 0 radical (unpaired) electrons. The smallest absolute Gasteiger partial charge is 0.258 e. The predicted octanol–water partition coefficient (Wildman–Crippen LogP) is 4.28. The number of benzene rings is 2. The summed E-state index contributed by atoms with van der Waals surface area (Å²) in [4.78, 5) is 14.6. The van der Waals surface area contributed by atoms with Crippen molar-refractivity contribution in [2.75, 3.05) is 11.4 Å². The van der Waals surface area contributed by atoms with Crippen LogP contribution >= 0.6 is 0 Å². The number of aryl methyl sites for hydroxylation is 3. The van der Waals surface area contributed by atoms with Gasteiger partial charge >= 0.3 is 0 Å². The van der Waals surface area contributed by atoms with E-state index in [4.69, 9.17) is 0 Å². The molecule has 0 aliphatic heterocycles. The molecule has 0 aromatic heterocycles. The van der Waals surface area contributed by atoms with Gasteiger partial charge in [0.05, 0.1) is 0 Å². The maximum absolute atomic E-state index is 12.8. The molecule has 0 saturated heterocycles. The van der Waals surface area contributed by atoms with E-state index in [0.717, 1.165) is 22.4 Å². The van der Waals surface area contributed by atoms with Crippen LogP contribution in [0.4, 0.5) is 5.69 Å². The molecule has 2 aromatic carbocycles. The van der Waals surface area contributed by atoms with E-state index < -0.39 is 0 Å². The van der Waals surface area contributed by atoms with Crippen LogP contribution in [-0.4, -0.2) is 12.5 Å². The Morgan fingerprint density at radius 3 is 2.30 bits per heavy atom. The highest BCUT2D eigenvalue weighted by atomic mass is 16.2. The van der Waals surface area contributed by atoms with Gasteiger partial charge in [0.25, 0.3) is 5.91 Å². The molecule has 2 rings (SSSR count). The Labute approximate surface area is 121 Å². The predicted molar refractivity (Wildman–Crippen MR) is 84.4 cm³/mol. The summed E-state index contributed by atoms with van der Waals surface area (Å²) >= 11 is 0. The third-order valence-corrected chi connectivity index (χ3v) is 3.58. The second kappa shape index (κ2) is 5.91. The Bertz CT molecular complexity index is 631. The van der Waals surface area contributed by atoms with Crippen molar-refractivity contribution in [1.82, 2.24) is 0 Å². The zero-order valence-electron chi connectivity index (χ0n) is 12.6. The largest absolute Gasteiger partial charge is 0.308 e. The first-order chi connectivity index (χ1) is 9.54. The zero-order chi connectivity index (χ0) is 14.7. The van der Waals surface area contributed by atoms with Crippen molar-refractivity contribution < 1.29 is 4.79 Å². The number of carbonyl (C=O) groups excluding carboxylic acids is 1. The highest BCUT2D eigenvalue weighted by Crippen LogP contribution is 2.22. The number of anilines is 1. The lowest BCUT2D eigenvalue weighted by Crippen LogP contribution is -2.31. The van der Waals surface area contributed by atoms with Gasteiger partial charge in [0, 0.05) is 17.8 Å². The van der Waals surface area contributed by atoms with Crippen LogP contribution in [0.15, 0.2) is 42.5 Å². The molecule has 1 amide bonds. The van der Waals surface area contributed by atoms with Crippen LogP contribution in [0.5, 0.6) is 0 Å². The van der Waals surface area contributed by atoms with E-state index in [-0.39, 0.29) is 5.91 Å². The van der Waals surface area contributed by atoms with Gasteiger partial charge in [-0.15, -0.1) is 0 Å². The number of hydrogen-bond donors (Lipinski definition) is 0. The Balaban J connectivity index is 2.42. The molecule has 0 aliphatic rings. The second-order valence-electron chi connectivity index (χ2n) is 5.15. The first-order valence-corrected chi connectivity index (χ1v) is 6.99. The van der Waals surface area contributed by atoms with Crippen LogP contribution < -0.4 is 4.90 Å². The molecule has 0 N–H and O–H groups in total. The van der Waals surface area contributed by atoms with Crippen LogP contribution in [-0.2, 0) is 0 Å². The van der Waals surface area contributed by atoms with E-state index >= 15 is 0 Å². The maximum Gasteiger partial charge on any atom is 0.258 e. The lowest BCUT2D eigenvalue weighted by atomic mass is 10.0.